The van der Waals surface area contributed by atoms with Crippen molar-refractivity contribution in [3.63, 3.8) is 0 Å². The van der Waals surface area contributed by atoms with Crippen molar-refractivity contribution in [3.8, 4) is 11.5 Å². The molecule has 3 rings (SSSR count). The van der Waals surface area contributed by atoms with Crippen LogP contribution in [0.15, 0.2) is 83.8 Å². The predicted octanol–water partition coefficient (Wildman–Crippen LogP) is 3.99. The van der Waals surface area contributed by atoms with E-state index in [9.17, 15) is 13.2 Å². The molecule has 3 aromatic carbocycles. The van der Waals surface area contributed by atoms with E-state index in [1.165, 1.54) is 24.3 Å². The molecule has 33 heavy (non-hydrogen) atoms. The highest BCUT2D eigenvalue weighted by Gasteiger charge is 2.19. The van der Waals surface area contributed by atoms with Gasteiger partial charge in [0.1, 0.15) is 11.5 Å². The molecular formula is C25H28N2O5S. The number of methoxy groups -OCH3 is 1. The molecule has 0 saturated heterocycles. The van der Waals surface area contributed by atoms with Gasteiger partial charge in [0, 0.05) is 11.6 Å². The van der Waals surface area contributed by atoms with E-state index >= 15 is 0 Å². The van der Waals surface area contributed by atoms with Crippen LogP contribution in [0.3, 0.4) is 0 Å². The van der Waals surface area contributed by atoms with Crippen LogP contribution in [-0.4, -0.2) is 28.0 Å². The molecule has 0 saturated carbocycles. The molecule has 7 nitrogen and oxygen atoms in total. The minimum absolute atomic E-state index is 0.117. The molecule has 0 bridgehead atoms. The van der Waals surface area contributed by atoms with E-state index in [1.54, 1.807) is 14.0 Å². The lowest BCUT2D eigenvalue weighted by molar-refractivity contribution is -0.123. The fourth-order valence-corrected chi connectivity index (χ4v) is 4.59. The molecule has 174 valence electrons. The lowest BCUT2D eigenvalue weighted by Crippen LogP contribution is -2.31. The Balaban J connectivity index is 1.55. The van der Waals surface area contributed by atoms with Crippen molar-refractivity contribution in [3.05, 3.63) is 90.0 Å². The van der Waals surface area contributed by atoms with E-state index in [1.807, 2.05) is 61.5 Å². The second kappa shape index (κ2) is 11.0. The summed E-state index contributed by atoms with van der Waals surface area (Å²) in [4.78, 5) is 12.4. The first-order chi connectivity index (χ1) is 15.8. The normalized spacial score (nSPS) is 13.1. The van der Waals surface area contributed by atoms with Gasteiger partial charge >= 0.3 is 0 Å². The zero-order valence-corrected chi connectivity index (χ0v) is 19.6. The molecular weight excluding hydrogens is 440 g/mol. The summed E-state index contributed by atoms with van der Waals surface area (Å²) in [6.45, 7) is 3.45. The van der Waals surface area contributed by atoms with Crippen LogP contribution < -0.4 is 19.5 Å². The number of ether oxygens (including phenoxy) is 2. The highest BCUT2D eigenvalue weighted by Crippen LogP contribution is 2.24. The van der Waals surface area contributed by atoms with Crippen molar-refractivity contribution in [2.75, 3.05) is 13.7 Å². The van der Waals surface area contributed by atoms with E-state index in [-0.39, 0.29) is 29.5 Å². The zero-order chi connectivity index (χ0) is 23.8. The van der Waals surface area contributed by atoms with Gasteiger partial charge in [-0.15, -0.1) is 0 Å². The van der Waals surface area contributed by atoms with Gasteiger partial charge in [0.25, 0.3) is 5.91 Å². The second-order valence-corrected chi connectivity index (χ2v) is 9.26. The Labute approximate surface area is 194 Å². The Kier molecular flexibility index (Phi) is 8.08. The first kappa shape index (κ1) is 24.3. The molecule has 0 spiro atoms. The molecule has 0 radical (unpaired) electrons. The first-order valence-electron chi connectivity index (χ1n) is 10.5. The van der Waals surface area contributed by atoms with Gasteiger partial charge in [0.2, 0.25) is 10.0 Å². The Bertz CT molecular complexity index is 1160. The Hall–Kier alpha value is -3.36. The number of benzene rings is 3. The van der Waals surface area contributed by atoms with E-state index in [2.05, 4.69) is 10.0 Å². The molecule has 0 heterocycles. The number of hydrogen-bond acceptors (Lipinski definition) is 5. The Morgan fingerprint density at radius 1 is 0.879 bits per heavy atom. The third kappa shape index (κ3) is 6.57. The van der Waals surface area contributed by atoms with E-state index in [0.29, 0.717) is 11.5 Å². The van der Waals surface area contributed by atoms with Crippen molar-refractivity contribution in [1.82, 2.24) is 10.0 Å². The highest BCUT2D eigenvalue weighted by molar-refractivity contribution is 7.89. The van der Waals surface area contributed by atoms with Crippen LogP contribution in [0.4, 0.5) is 0 Å². The molecule has 3 aromatic rings. The summed E-state index contributed by atoms with van der Waals surface area (Å²) >= 11 is 0. The van der Waals surface area contributed by atoms with Crippen LogP contribution >= 0.6 is 0 Å². The lowest BCUT2D eigenvalue weighted by Gasteiger charge is -2.17. The van der Waals surface area contributed by atoms with Gasteiger partial charge in [-0.05, 0) is 49.7 Å². The molecule has 0 fully saturated rings. The first-order valence-corrected chi connectivity index (χ1v) is 12.0. The van der Waals surface area contributed by atoms with Crippen molar-refractivity contribution in [2.24, 2.45) is 0 Å². The second-order valence-electron chi connectivity index (χ2n) is 7.54. The number of amides is 1. The molecule has 0 aromatic heterocycles. The van der Waals surface area contributed by atoms with Gasteiger partial charge in [-0.3, -0.25) is 4.79 Å². The summed E-state index contributed by atoms with van der Waals surface area (Å²) in [5.74, 6) is 0.784. The van der Waals surface area contributed by atoms with Crippen LogP contribution in [0.2, 0.25) is 0 Å². The average Bonchev–Trinajstić information content (AvgIpc) is 2.83. The van der Waals surface area contributed by atoms with Crippen molar-refractivity contribution in [1.29, 1.82) is 0 Å². The quantitative estimate of drug-likeness (QED) is 0.469. The topological polar surface area (TPSA) is 93.7 Å². The number of hydrogen-bond donors (Lipinski definition) is 2. The third-order valence-electron chi connectivity index (χ3n) is 5.12. The number of nitrogens with one attached hydrogen (secondary N) is 2. The van der Waals surface area contributed by atoms with E-state index < -0.39 is 10.0 Å². The summed E-state index contributed by atoms with van der Waals surface area (Å²) in [5.41, 5.74) is 1.73. The van der Waals surface area contributed by atoms with Crippen molar-refractivity contribution in [2.45, 2.75) is 30.8 Å². The minimum Gasteiger partial charge on any atom is -0.496 e. The molecule has 0 unspecified atom stereocenters. The maximum absolute atomic E-state index is 12.7. The van der Waals surface area contributed by atoms with Crippen LogP contribution in [0.25, 0.3) is 0 Å². The van der Waals surface area contributed by atoms with Gasteiger partial charge in [0.15, 0.2) is 6.61 Å². The molecule has 2 atom stereocenters. The zero-order valence-electron chi connectivity index (χ0n) is 18.8. The molecule has 1 amide bonds. The van der Waals surface area contributed by atoms with Crippen LogP contribution in [0, 0.1) is 0 Å². The summed E-state index contributed by atoms with van der Waals surface area (Å²) in [6, 6.07) is 22.1. The van der Waals surface area contributed by atoms with Crippen molar-refractivity contribution < 1.29 is 22.7 Å². The molecule has 0 aliphatic heterocycles. The van der Waals surface area contributed by atoms with E-state index in [4.69, 9.17) is 9.47 Å². The standard InChI is InChI=1S/C25H28N2O5S/c1-18(20-9-5-4-6-10-20)27-33(29,30)22-15-13-21(14-16-22)32-17-25(28)26-19(2)23-11-7-8-12-24(23)31-3/h4-16,18-19,27H,17H2,1-3H3,(H,26,28)/t18-,19-/m1/s1. The number of sulfonamides is 1. The van der Waals surface area contributed by atoms with Crippen LogP contribution in [0.1, 0.15) is 37.1 Å². The fraction of sp³-hybridized carbons (Fsp3) is 0.240. The predicted molar refractivity (Wildman–Crippen MR) is 127 cm³/mol. The van der Waals surface area contributed by atoms with Gasteiger partial charge in [-0.25, -0.2) is 13.1 Å². The lowest BCUT2D eigenvalue weighted by atomic mass is 10.1. The summed E-state index contributed by atoms with van der Waals surface area (Å²) in [7, 11) is -2.12. The number of carbonyl (C=O) groups excluding carboxylic acids is 1. The maximum Gasteiger partial charge on any atom is 0.258 e. The van der Waals surface area contributed by atoms with Crippen molar-refractivity contribution >= 4 is 15.9 Å². The summed E-state index contributed by atoms with van der Waals surface area (Å²) < 4.78 is 38.9. The van der Waals surface area contributed by atoms with E-state index in [0.717, 1.165) is 11.1 Å². The molecule has 0 aliphatic carbocycles. The largest absolute Gasteiger partial charge is 0.496 e. The Morgan fingerprint density at radius 2 is 1.52 bits per heavy atom. The smallest absolute Gasteiger partial charge is 0.258 e. The summed E-state index contributed by atoms with van der Waals surface area (Å²) in [5, 5.41) is 2.86. The monoisotopic (exact) mass is 468 g/mol. The SMILES string of the molecule is COc1ccccc1[C@@H](C)NC(=O)COc1ccc(S(=O)(=O)N[C@H](C)c2ccccc2)cc1. The maximum atomic E-state index is 12.7. The van der Waals surface area contributed by atoms with Gasteiger partial charge in [-0.2, -0.15) is 0 Å². The Morgan fingerprint density at radius 3 is 2.18 bits per heavy atom. The van der Waals surface area contributed by atoms with Gasteiger partial charge in [0.05, 0.1) is 18.0 Å². The van der Waals surface area contributed by atoms with Crippen LogP contribution in [-0.2, 0) is 14.8 Å². The number of para-hydroxylation sites is 1. The molecule has 0 aliphatic rings. The minimum atomic E-state index is -3.71. The highest BCUT2D eigenvalue weighted by atomic mass is 32.2. The average molecular weight is 469 g/mol. The third-order valence-corrected chi connectivity index (χ3v) is 6.68. The fourth-order valence-electron chi connectivity index (χ4n) is 3.36. The summed E-state index contributed by atoms with van der Waals surface area (Å²) in [6.07, 6.45) is 0. The number of rotatable bonds is 10. The number of carbonyl (C=O) groups is 1. The molecule has 2 N–H and O–H groups in total. The van der Waals surface area contributed by atoms with Crippen LogP contribution in [0.5, 0.6) is 11.5 Å². The van der Waals surface area contributed by atoms with Gasteiger partial charge < -0.3 is 14.8 Å². The van der Waals surface area contributed by atoms with Gasteiger partial charge in [-0.1, -0.05) is 48.5 Å². The molecule has 8 heteroatoms.